The van der Waals surface area contributed by atoms with E-state index in [0.29, 0.717) is 11.1 Å². The van der Waals surface area contributed by atoms with Crippen molar-refractivity contribution in [2.75, 3.05) is 28.4 Å². The van der Waals surface area contributed by atoms with E-state index in [1.807, 2.05) is 33.8 Å². The fraction of sp³-hybridized carbons (Fsp3) is 0.265. The SMILES string of the molecule is C=C.CC(C)=CC=O.COC(=O)/C(=C/C=C(C)C)NC(=O)c1ccccc1.COC(=O)C(NC(=O)c1ccccc1)P(=O)(OC)OC. The number of rotatable bonds is 11. The van der Waals surface area contributed by atoms with Gasteiger partial charge >= 0.3 is 19.5 Å². The van der Waals surface area contributed by atoms with E-state index in [2.05, 4.69) is 33.3 Å². The molecule has 0 saturated heterocycles. The number of esters is 2. The molecule has 2 aromatic rings. The third-order valence-corrected chi connectivity index (χ3v) is 7.22. The molecule has 1 atom stereocenters. The number of benzene rings is 2. The number of hydrogen-bond acceptors (Lipinski definition) is 10. The van der Waals surface area contributed by atoms with Crippen LogP contribution in [0.3, 0.4) is 0 Å². The largest absolute Gasteiger partial charge is 0.467 e. The van der Waals surface area contributed by atoms with Crippen LogP contribution in [-0.4, -0.2) is 64.3 Å². The molecule has 0 aromatic heterocycles. The first-order valence-corrected chi connectivity index (χ1v) is 15.4. The lowest BCUT2D eigenvalue weighted by molar-refractivity contribution is -0.141. The number of nitrogens with one attached hydrogen (secondary N) is 2. The highest BCUT2D eigenvalue weighted by atomic mass is 31.2. The van der Waals surface area contributed by atoms with Crippen LogP contribution in [0.4, 0.5) is 0 Å². The van der Waals surface area contributed by atoms with Crippen molar-refractivity contribution < 1.29 is 47.1 Å². The second-order valence-electron chi connectivity index (χ2n) is 9.19. The van der Waals surface area contributed by atoms with E-state index in [4.69, 9.17) is 9.05 Å². The van der Waals surface area contributed by atoms with Gasteiger partial charge in [0.2, 0.25) is 5.78 Å². The Morgan fingerprint density at radius 2 is 1.15 bits per heavy atom. The summed E-state index contributed by atoms with van der Waals surface area (Å²) in [7, 11) is 0.777. The van der Waals surface area contributed by atoms with E-state index in [9.17, 15) is 28.5 Å². The molecular weight excluding hydrogens is 627 g/mol. The van der Waals surface area contributed by atoms with Crippen LogP contribution in [0.25, 0.3) is 0 Å². The zero-order chi connectivity index (χ0) is 36.4. The molecule has 0 aliphatic heterocycles. The second-order valence-corrected chi connectivity index (χ2v) is 11.5. The molecule has 0 heterocycles. The Bertz CT molecular complexity index is 1400. The molecule has 0 aliphatic carbocycles. The summed E-state index contributed by atoms with van der Waals surface area (Å²) in [5.74, 6) is -3.96. The predicted molar refractivity (Wildman–Crippen MR) is 182 cm³/mol. The topological polar surface area (TPSA) is 163 Å². The van der Waals surface area contributed by atoms with Gasteiger partial charge in [0.05, 0.1) is 14.2 Å². The van der Waals surface area contributed by atoms with Gasteiger partial charge in [0.25, 0.3) is 11.8 Å². The summed E-state index contributed by atoms with van der Waals surface area (Å²) in [6.07, 6.45) is 5.58. The third-order valence-electron chi connectivity index (χ3n) is 5.23. The molecule has 47 heavy (non-hydrogen) atoms. The fourth-order valence-electron chi connectivity index (χ4n) is 2.90. The van der Waals surface area contributed by atoms with Gasteiger partial charge < -0.3 is 29.2 Å². The van der Waals surface area contributed by atoms with Crippen molar-refractivity contribution in [2.24, 2.45) is 0 Å². The summed E-state index contributed by atoms with van der Waals surface area (Å²) >= 11 is 0. The maximum atomic E-state index is 12.3. The molecule has 13 heteroatoms. The number of aldehydes is 1. The number of hydrogen-bond donors (Lipinski definition) is 2. The normalized spacial score (nSPS) is 10.6. The van der Waals surface area contributed by atoms with Crippen LogP contribution < -0.4 is 10.6 Å². The van der Waals surface area contributed by atoms with Crippen LogP contribution in [0.1, 0.15) is 48.4 Å². The monoisotopic (exact) mass is 672 g/mol. The van der Waals surface area contributed by atoms with Crippen molar-refractivity contribution >= 4 is 37.6 Å². The molecule has 12 nitrogen and oxygen atoms in total. The number of ether oxygens (including phenoxy) is 2. The minimum Gasteiger partial charge on any atom is -0.467 e. The van der Waals surface area contributed by atoms with Gasteiger partial charge in [0.15, 0.2) is 0 Å². The molecule has 0 bridgehead atoms. The average molecular weight is 673 g/mol. The molecular formula is C34H45N2O10P. The molecule has 2 aromatic carbocycles. The first-order valence-electron chi connectivity index (χ1n) is 13.8. The van der Waals surface area contributed by atoms with Crippen LogP contribution in [0.5, 0.6) is 0 Å². The van der Waals surface area contributed by atoms with E-state index >= 15 is 0 Å². The Kier molecular flexibility index (Phi) is 23.8. The highest BCUT2D eigenvalue weighted by molar-refractivity contribution is 7.55. The van der Waals surface area contributed by atoms with Crippen LogP contribution in [0, 0.1) is 0 Å². The van der Waals surface area contributed by atoms with Gasteiger partial charge in [-0.3, -0.25) is 18.9 Å². The van der Waals surface area contributed by atoms with E-state index in [-0.39, 0.29) is 11.6 Å². The molecule has 0 fully saturated rings. The van der Waals surface area contributed by atoms with E-state index in [0.717, 1.165) is 38.8 Å². The summed E-state index contributed by atoms with van der Waals surface area (Å²) in [5.41, 5.74) is 2.95. The van der Waals surface area contributed by atoms with Crippen LogP contribution in [0.2, 0.25) is 0 Å². The number of allylic oxidation sites excluding steroid dienone is 5. The maximum absolute atomic E-state index is 12.3. The highest BCUT2D eigenvalue weighted by Crippen LogP contribution is 2.50. The Morgan fingerprint density at radius 3 is 1.49 bits per heavy atom. The van der Waals surface area contributed by atoms with Gasteiger partial charge in [-0.25, -0.2) is 9.59 Å². The Hall–Kier alpha value is -4.90. The summed E-state index contributed by atoms with van der Waals surface area (Å²) in [6.45, 7) is 13.6. The number of amides is 2. The van der Waals surface area contributed by atoms with Crippen molar-refractivity contribution in [3.63, 3.8) is 0 Å². The summed E-state index contributed by atoms with van der Waals surface area (Å²) < 4.78 is 30.9. The minimum absolute atomic E-state index is 0.109. The second kappa shape index (κ2) is 25.3. The van der Waals surface area contributed by atoms with Crippen molar-refractivity contribution in [3.05, 3.63) is 120 Å². The quantitative estimate of drug-likeness (QED) is 0.0745. The predicted octanol–water partition coefficient (Wildman–Crippen LogP) is 5.79. The Balaban J connectivity index is 0. The van der Waals surface area contributed by atoms with E-state index < -0.39 is 31.2 Å². The molecule has 0 radical (unpaired) electrons. The maximum Gasteiger partial charge on any atom is 0.363 e. The molecule has 2 amide bonds. The standard InChI is InChI=1S/C15H17NO3.C12H16NO6P.C5H8O.C2H4/c1-11(2)9-10-13(15(18)19-3)16-14(17)12-7-5-4-6-8-12;1-17-12(15)11(20(16,18-2)19-3)13-10(14)9-7-5-4-6-8-9;1-5(2)3-4-6;1-2/h4-10H,1-3H3,(H,16,17);4-8,11H,1-3H3,(H,13,14);3-4H,1-2H3;1-2H2/b13-10-;;;. The fourth-order valence-corrected chi connectivity index (χ4v) is 4.11. The van der Waals surface area contributed by atoms with Crippen LogP contribution in [-0.2, 0) is 37.5 Å². The number of methoxy groups -OCH3 is 2. The summed E-state index contributed by atoms with van der Waals surface area (Å²) in [5, 5.41) is 4.84. The molecule has 0 saturated carbocycles. The zero-order valence-electron chi connectivity index (χ0n) is 28.1. The van der Waals surface area contributed by atoms with Gasteiger partial charge in [-0.1, -0.05) is 53.6 Å². The average Bonchev–Trinajstić information content (AvgIpc) is 3.09. The van der Waals surface area contributed by atoms with E-state index in [1.165, 1.54) is 19.3 Å². The lowest BCUT2D eigenvalue weighted by atomic mass is 10.2. The van der Waals surface area contributed by atoms with Crippen molar-refractivity contribution in [2.45, 2.75) is 33.5 Å². The summed E-state index contributed by atoms with van der Waals surface area (Å²) in [4.78, 5) is 56.7. The first kappa shape index (κ1) is 44.2. The summed E-state index contributed by atoms with van der Waals surface area (Å²) in [6, 6.07) is 16.8. The molecule has 2 rings (SSSR count). The van der Waals surface area contributed by atoms with Crippen molar-refractivity contribution in [3.8, 4) is 0 Å². The molecule has 2 N–H and O–H groups in total. The first-order chi connectivity index (χ1) is 22.3. The molecule has 0 aliphatic rings. The molecule has 1 unspecified atom stereocenters. The Labute approximate surface area is 277 Å². The van der Waals surface area contributed by atoms with Crippen molar-refractivity contribution in [1.29, 1.82) is 0 Å². The van der Waals surface area contributed by atoms with Crippen molar-refractivity contribution in [1.82, 2.24) is 10.6 Å². The van der Waals surface area contributed by atoms with Gasteiger partial charge in [-0.15, -0.1) is 13.2 Å². The van der Waals surface area contributed by atoms with Crippen LogP contribution >= 0.6 is 7.60 Å². The molecule has 0 spiro atoms. The van der Waals surface area contributed by atoms with Gasteiger partial charge in [0.1, 0.15) is 12.0 Å². The lowest BCUT2D eigenvalue weighted by Gasteiger charge is -2.23. The zero-order valence-corrected chi connectivity index (χ0v) is 29.0. The van der Waals surface area contributed by atoms with Gasteiger partial charge in [-0.05, 0) is 64.1 Å². The Morgan fingerprint density at radius 1 is 0.702 bits per heavy atom. The number of carbonyl (C=O) groups is 5. The third kappa shape index (κ3) is 18.0. The molecule has 256 valence electrons. The minimum atomic E-state index is -3.84. The van der Waals surface area contributed by atoms with E-state index in [1.54, 1.807) is 60.7 Å². The highest BCUT2D eigenvalue weighted by Gasteiger charge is 2.42. The number of carbonyl (C=O) groups excluding carboxylic acids is 5. The van der Waals surface area contributed by atoms with Gasteiger partial charge in [-0.2, -0.15) is 0 Å². The van der Waals surface area contributed by atoms with Crippen LogP contribution in [0.15, 0.2) is 109 Å². The smallest absolute Gasteiger partial charge is 0.363 e. The lowest BCUT2D eigenvalue weighted by Crippen LogP contribution is -2.42. The van der Waals surface area contributed by atoms with Gasteiger partial charge in [0, 0.05) is 25.3 Å².